The minimum atomic E-state index is 0.0891. The van der Waals surface area contributed by atoms with E-state index in [0.29, 0.717) is 24.7 Å². The minimum absolute atomic E-state index is 0.0891. The summed E-state index contributed by atoms with van der Waals surface area (Å²) in [6.45, 7) is 6.37. The molecule has 2 aromatic rings. The zero-order valence-electron chi connectivity index (χ0n) is 16.7. The van der Waals surface area contributed by atoms with Crippen molar-refractivity contribution >= 4 is 16.8 Å². The highest BCUT2D eigenvalue weighted by Crippen LogP contribution is 2.38. The van der Waals surface area contributed by atoms with Crippen molar-refractivity contribution in [3.8, 4) is 5.75 Å². The minimum Gasteiger partial charge on any atom is -0.494 e. The number of benzene rings is 1. The lowest BCUT2D eigenvalue weighted by Gasteiger charge is -2.29. The number of rotatable bonds is 8. The van der Waals surface area contributed by atoms with Crippen LogP contribution in [0.25, 0.3) is 11.0 Å². The number of unbranched alkanes of at least 4 members (excludes halogenated alkanes) is 1. The molecule has 1 aromatic heterocycles. The van der Waals surface area contributed by atoms with E-state index in [4.69, 9.17) is 9.72 Å². The Morgan fingerprint density at radius 2 is 2.04 bits per heavy atom. The SMILES string of the molecule is COc1cccc2nc(CCCCC(=O)CC(C)(C)C)n(C3CCC3)c12. The first kappa shape index (κ1) is 18.9. The maximum atomic E-state index is 12.1. The van der Waals surface area contributed by atoms with Crippen LogP contribution in [0.2, 0.25) is 0 Å². The number of carbonyl (C=O) groups is 1. The van der Waals surface area contributed by atoms with Crippen LogP contribution in [-0.2, 0) is 11.2 Å². The third-order valence-corrected chi connectivity index (χ3v) is 5.24. The van der Waals surface area contributed by atoms with E-state index < -0.39 is 0 Å². The molecular formula is C22H32N2O2. The third kappa shape index (κ3) is 4.28. The van der Waals surface area contributed by atoms with Crippen molar-refractivity contribution in [2.45, 2.75) is 78.2 Å². The number of hydrogen-bond donors (Lipinski definition) is 0. The number of imidazole rings is 1. The number of ketones is 1. The summed E-state index contributed by atoms with van der Waals surface area (Å²) in [5.41, 5.74) is 2.25. The summed E-state index contributed by atoms with van der Waals surface area (Å²) in [5.74, 6) is 2.44. The normalized spacial score (nSPS) is 15.2. The van der Waals surface area contributed by atoms with Crippen molar-refractivity contribution in [2.75, 3.05) is 7.11 Å². The van der Waals surface area contributed by atoms with Crippen molar-refractivity contribution in [1.82, 2.24) is 9.55 Å². The summed E-state index contributed by atoms with van der Waals surface area (Å²) in [6, 6.07) is 6.65. The van der Waals surface area contributed by atoms with Crippen molar-refractivity contribution < 1.29 is 9.53 Å². The molecule has 26 heavy (non-hydrogen) atoms. The third-order valence-electron chi connectivity index (χ3n) is 5.24. The maximum absolute atomic E-state index is 12.1. The molecule has 1 saturated carbocycles. The molecule has 3 rings (SSSR count). The second kappa shape index (κ2) is 7.81. The van der Waals surface area contributed by atoms with Gasteiger partial charge in [0.05, 0.1) is 12.6 Å². The summed E-state index contributed by atoms with van der Waals surface area (Å²) < 4.78 is 8.01. The van der Waals surface area contributed by atoms with Gasteiger partial charge in [-0.05, 0) is 49.7 Å². The van der Waals surface area contributed by atoms with Gasteiger partial charge in [0.15, 0.2) is 0 Å². The van der Waals surface area contributed by atoms with Crippen LogP contribution in [0.15, 0.2) is 18.2 Å². The van der Waals surface area contributed by atoms with Gasteiger partial charge in [0.1, 0.15) is 22.9 Å². The highest BCUT2D eigenvalue weighted by atomic mass is 16.5. The van der Waals surface area contributed by atoms with Gasteiger partial charge in [0, 0.05) is 25.3 Å². The van der Waals surface area contributed by atoms with Gasteiger partial charge >= 0.3 is 0 Å². The number of para-hydroxylation sites is 1. The zero-order valence-corrected chi connectivity index (χ0v) is 16.7. The second-order valence-corrected chi connectivity index (χ2v) is 8.79. The summed E-state index contributed by atoms with van der Waals surface area (Å²) in [5, 5.41) is 0. The van der Waals surface area contributed by atoms with Crippen LogP contribution in [-0.4, -0.2) is 22.4 Å². The fourth-order valence-corrected chi connectivity index (χ4v) is 3.83. The number of fused-ring (bicyclic) bond motifs is 1. The van der Waals surface area contributed by atoms with E-state index in [0.717, 1.165) is 41.9 Å². The first-order valence-corrected chi connectivity index (χ1v) is 9.94. The Morgan fingerprint density at radius 1 is 1.27 bits per heavy atom. The highest BCUT2D eigenvalue weighted by Gasteiger charge is 2.26. The quantitative estimate of drug-likeness (QED) is 0.588. The monoisotopic (exact) mass is 356 g/mol. The predicted octanol–water partition coefficient (Wildman–Crippen LogP) is 5.49. The van der Waals surface area contributed by atoms with Gasteiger partial charge in [0.25, 0.3) is 0 Å². The second-order valence-electron chi connectivity index (χ2n) is 8.79. The Kier molecular flexibility index (Phi) is 5.69. The number of carbonyl (C=O) groups excluding carboxylic acids is 1. The van der Waals surface area contributed by atoms with Crippen LogP contribution in [0.3, 0.4) is 0 Å². The van der Waals surface area contributed by atoms with E-state index in [-0.39, 0.29) is 5.41 Å². The van der Waals surface area contributed by atoms with E-state index >= 15 is 0 Å². The lowest BCUT2D eigenvalue weighted by atomic mass is 9.88. The maximum Gasteiger partial charge on any atom is 0.144 e. The van der Waals surface area contributed by atoms with Gasteiger partial charge in [-0.3, -0.25) is 4.79 Å². The number of methoxy groups -OCH3 is 1. The molecule has 0 bridgehead atoms. The number of Topliss-reactive ketones (excluding diaryl/α,β-unsaturated/α-hetero) is 1. The molecule has 1 fully saturated rings. The van der Waals surface area contributed by atoms with E-state index in [1.165, 1.54) is 19.3 Å². The molecule has 0 spiro atoms. The van der Waals surface area contributed by atoms with Crippen LogP contribution in [0, 0.1) is 5.41 Å². The van der Waals surface area contributed by atoms with Crippen LogP contribution in [0.5, 0.6) is 5.75 Å². The van der Waals surface area contributed by atoms with E-state index in [1.54, 1.807) is 7.11 Å². The summed E-state index contributed by atoms with van der Waals surface area (Å²) in [7, 11) is 1.73. The first-order valence-electron chi connectivity index (χ1n) is 9.94. The van der Waals surface area contributed by atoms with E-state index in [9.17, 15) is 4.79 Å². The lowest BCUT2D eigenvalue weighted by molar-refractivity contribution is -0.120. The van der Waals surface area contributed by atoms with Crippen LogP contribution < -0.4 is 4.74 Å². The fraction of sp³-hybridized carbons (Fsp3) is 0.636. The Bertz CT molecular complexity index is 766. The number of ether oxygens (including phenoxy) is 1. The zero-order chi connectivity index (χ0) is 18.7. The molecule has 4 nitrogen and oxygen atoms in total. The van der Waals surface area contributed by atoms with Crippen LogP contribution in [0.1, 0.15) is 77.6 Å². The molecular weight excluding hydrogens is 324 g/mol. The largest absolute Gasteiger partial charge is 0.494 e. The van der Waals surface area contributed by atoms with Crippen molar-refractivity contribution in [2.24, 2.45) is 5.41 Å². The molecule has 1 aliphatic rings. The molecule has 0 N–H and O–H groups in total. The molecule has 142 valence electrons. The molecule has 1 heterocycles. The smallest absolute Gasteiger partial charge is 0.144 e. The number of aryl methyl sites for hydroxylation is 1. The average molecular weight is 357 g/mol. The van der Waals surface area contributed by atoms with Crippen LogP contribution in [0.4, 0.5) is 0 Å². The lowest BCUT2D eigenvalue weighted by Crippen LogP contribution is -2.19. The Balaban J connectivity index is 1.69. The van der Waals surface area contributed by atoms with Crippen molar-refractivity contribution in [3.63, 3.8) is 0 Å². The average Bonchev–Trinajstić information content (AvgIpc) is 2.87. The molecule has 0 radical (unpaired) electrons. The first-order chi connectivity index (χ1) is 12.4. The number of nitrogens with zero attached hydrogens (tertiary/aromatic N) is 2. The molecule has 0 saturated heterocycles. The van der Waals surface area contributed by atoms with Gasteiger partial charge in [0.2, 0.25) is 0 Å². The van der Waals surface area contributed by atoms with Gasteiger partial charge < -0.3 is 9.30 Å². The Morgan fingerprint density at radius 3 is 2.65 bits per heavy atom. The van der Waals surface area contributed by atoms with Gasteiger partial charge in [-0.25, -0.2) is 4.98 Å². The van der Waals surface area contributed by atoms with Gasteiger partial charge in [-0.1, -0.05) is 26.8 Å². The van der Waals surface area contributed by atoms with Crippen LogP contribution >= 0.6 is 0 Å². The number of aromatic nitrogens is 2. The molecule has 4 heteroatoms. The molecule has 0 amide bonds. The predicted molar refractivity (Wildman–Crippen MR) is 106 cm³/mol. The Labute approximate surface area is 156 Å². The Hall–Kier alpha value is -1.84. The molecule has 0 atom stereocenters. The molecule has 1 aliphatic carbocycles. The van der Waals surface area contributed by atoms with Crippen molar-refractivity contribution in [1.29, 1.82) is 0 Å². The molecule has 0 unspecified atom stereocenters. The van der Waals surface area contributed by atoms with Gasteiger partial charge in [-0.15, -0.1) is 0 Å². The number of hydrogen-bond acceptors (Lipinski definition) is 3. The van der Waals surface area contributed by atoms with Gasteiger partial charge in [-0.2, -0.15) is 0 Å². The molecule has 0 aliphatic heterocycles. The summed E-state index contributed by atoms with van der Waals surface area (Å²) in [6.07, 6.45) is 7.97. The summed E-state index contributed by atoms with van der Waals surface area (Å²) >= 11 is 0. The van der Waals surface area contributed by atoms with E-state index in [2.05, 4.69) is 31.4 Å². The molecule has 1 aromatic carbocycles. The standard InChI is InChI=1S/C22H32N2O2/c1-22(2,3)15-17(25)11-5-6-14-20-23-18-12-8-13-19(26-4)21(18)24(20)16-9-7-10-16/h8,12-13,16H,5-7,9-11,14-15H2,1-4H3. The topological polar surface area (TPSA) is 44.1 Å². The summed E-state index contributed by atoms with van der Waals surface area (Å²) in [4.78, 5) is 17.0. The van der Waals surface area contributed by atoms with E-state index in [1.807, 2.05) is 12.1 Å². The highest BCUT2D eigenvalue weighted by molar-refractivity contribution is 5.83. The van der Waals surface area contributed by atoms with Crippen molar-refractivity contribution in [3.05, 3.63) is 24.0 Å². The fourth-order valence-electron chi connectivity index (χ4n) is 3.83.